The van der Waals surface area contributed by atoms with Gasteiger partial charge in [-0.2, -0.15) is 0 Å². The minimum absolute atomic E-state index is 0. The molecule has 0 amide bonds. The Morgan fingerprint density at radius 3 is 2.13 bits per heavy atom. The van der Waals surface area contributed by atoms with E-state index in [4.69, 9.17) is 0 Å². The molecule has 0 spiro atoms. The molecule has 0 N–H and O–H groups in total. The Balaban J connectivity index is 0.00000107. The predicted molar refractivity (Wildman–Crippen MR) is 119 cm³/mol. The van der Waals surface area contributed by atoms with Crippen LogP contribution in [0.5, 0.6) is 0 Å². The molecule has 0 aliphatic rings. The van der Waals surface area contributed by atoms with Gasteiger partial charge in [0.15, 0.2) is 0 Å². The summed E-state index contributed by atoms with van der Waals surface area (Å²) in [5.41, 5.74) is 4.10. The number of hydrogen-bond donors (Lipinski definition) is 0. The number of hydrogen-bond acceptors (Lipinski definition) is 0. The van der Waals surface area contributed by atoms with Crippen LogP contribution in [0.1, 0.15) is 19.4 Å². The van der Waals surface area contributed by atoms with E-state index in [-0.39, 0.29) is 51.0 Å². The first-order valence-corrected chi connectivity index (χ1v) is 9.79. The van der Waals surface area contributed by atoms with Crippen LogP contribution in [-0.2, 0) is 32.6 Å². The monoisotopic (exact) mass is 507 g/mol. The van der Waals surface area contributed by atoms with E-state index in [1.54, 1.807) is 0 Å². The minimum atomic E-state index is 0. The summed E-state index contributed by atoms with van der Waals surface area (Å²) in [7, 11) is 0. The van der Waals surface area contributed by atoms with Crippen molar-refractivity contribution in [3.05, 3.63) is 90.5 Å². The van der Waals surface area contributed by atoms with Crippen molar-refractivity contribution >= 4 is 32.3 Å². The molecule has 0 saturated heterocycles. The van der Waals surface area contributed by atoms with Crippen LogP contribution >= 0.6 is 0 Å². The van der Waals surface area contributed by atoms with E-state index < -0.39 is 0 Å². The van der Waals surface area contributed by atoms with Crippen molar-refractivity contribution in [1.82, 2.24) is 0 Å². The van der Waals surface area contributed by atoms with Gasteiger partial charge in [0.25, 0.3) is 0 Å². The zero-order chi connectivity index (χ0) is 18.4. The van der Waals surface area contributed by atoms with Crippen LogP contribution < -0.4 is 24.8 Å². The number of halogens is 2. The van der Waals surface area contributed by atoms with Gasteiger partial charge < -0.3 is 24.8 Å². The predicted octanol–water partition coefficient (Wildman–Crippen LogP) is 1.74. The largest absolute Gasteiger partial charge is 3.00 e. The summed E-state index contributed by atoms with van der Waals surface area (Å²) in [5, 5.41) is 7.98. The summed E-state index contributed by atoms with van der Waals surface area (Å²) in [5.74, 6) is 0.648. The number of rotatable bonds is 3. The standard InChI is InChI=1S/C27H23.2ClH.Zr/c1-18(2)13-19-14-23-12-11-20-7-5-6-10-25(20)27(23)26(15-19)24-16-21-8-3-4-9-22(21)17-24;;;/h3-12,14-18H,13H2,1-2H3;2*1H;/q-1;;;+3/p-2. The molecule has 5 aromatic carbocycles. The topological polar surface area (TPSA) is 0 Å². The van der Waals surface area contributed by atoms with Gasteiger partial charge in [-0.1, -0.05) is 91.7 Å². The molecule has 0 saturated carbocycles. The van der Waals surface area contributed by atoms with Gasteiger partial charge >= 0.3 is 26.2 Å². The SMILES string of the molecule is CC(C)Cc1cc(-c2cc3ccccc3[cH-]2)c2c(ccc3ccccc32)c1.[Cl-].[Cl-].[Zr+3]. The van der Waals surface area contributed by atoms with Gasteiger partial charge in [0.05, 0.1) is 0 Å². The normalized spacial score (nSPS) is 10.6. The zero-order valence-corrected chi connectivity index (χ0v) is 21.1. The molecule has 3 heteroatoms. The third-order valence-corrected chi connectivity index (χ3v) is 5.47. The number of fused-ring (bicyclic) bond motifs is 4. The van der Waals surface area contributed by atoms with Crippen LogP contribution in [0.25, 0.3) is 43.4 Å². The van der Waals surface area contributed by atoms with Crippen LogP contribution in [0, 0.1) is 5.92 Å². The molecule has 0 aliphatic heterocycles. The molecule has 0 fully saturated rings. The summed E-state index contributed by atoms with van der Waals surface area (Å²) >= 11 is 0. The van der Waals surface area contributed by atoms with Gasteiger partial charge in [0.1, 0.15) is 0 Å². The molecule has 0 aliphatic carbocycles. The minimum Gasteiger partial charge on any atom is -1.00 e. The van der Waals surface area contributed by atoms with E-state index in [1.807, 2.05) is 0 Å². The maximum Gasteiger partial charge on any atom is 3.00 e. The molecule has 149 valence electrons. The summed E-state index contributed by atoms with van der Waals surface area (Å²) in [6, 6.07) is 31.4. The van der Waals surface area contributed by atoms with E-state index in [1.165, 1.54) is 49.0 Å². The third-order valence-electron chi connectivity index (χ3n) is 5.47. The molecule has 0 unspecified atom stereocenters. The fourth-order valence-electron chi connectivity index (χ4n) is 4.33. The van der Waals surface area contributed by atoms with Crippen LogP contribution in [0.3, 0.4) is 0 Å². The van der Waals surface area contributed by atoms with Gasteiger partial charge in [-0.15, -0.1) is 34.5 Å². The Bertz CT molecular complexity index is 1250. The van der Waals surface area contributed by atoms with Crippen molar-refractivity contribution < 1.29 is 51.0 Å². The molecular formula is C27H23Cl2Zr. The van der Waals surface area contributed by atoms with Crippen LogP contribution in [0.2, 0.25) is 0 Å². The molecule has 0 bridgehead atoms. The first-order chi connectivity index (χ1) is 13.2. The van der Waals surface area contributed by atoms with E-state index in [0.717, 1.165) is 6.42 Å². The Hall–Kier alpha value is -1.53. The molecule has 1 radical (unpaired) electrons. The first-order valence-electron chi connectivity index (χ1n) is 9.79. The summed E-state index contributed by atoms with van der Waals surface area (Å²) in [6.45, 7) is 4.59. The van der Waals surface area contributed by atoms with Crippen LogP contribution in [-0.4, -0.2) is 0 Å². The Morgan fingerprint density at radius 2 is 1.40 bits per heavy atom. The second-order valence-corrected chi connectivity index (χ2v) is 8.00. The first kappa shape index (κ1) is 24.7. The van der Waals surface area contributed by atoms with Gasteiger partial charge in [0, 0.05) is 0 Å². The summed E-state index contributed by atoms with van der Waals surface area (Å²) < 4.78 is 0. The van der Waals surface area contributed by atoms with E-state index >= 15 is 0 Å². The van der Waals surface area contributed by atoms with E-state index in [9.17, 15) is 0 Å². The average molecular weight is 510 g/mol. The molecule has 5 rings (SSSR count). The average Bonchev–Trinajstić information content (AvgIpc) is 3.10. The summed E-state index contributed by atoms with van der Waals surface area (Å²) in [6.07, 6.45) is 1.11. The molecule has 0 heterocycles. The van der Waals surface area contributed by atoms with Crippen molar-refractivity contribution in [2.24, 2.45) is 5.92 Å². The molecule has 0 nitrogen and oxygen atoms in total. The van der Waals surface area contributed by atoms with Gasteiger partial charge in [-0.05, 0) is 33.9 Å². The molecule has 30 heavy (non-hydrogen) atoms. The fraction of sp³-hybridized carbons (Fsp3) is 0.148. The summed E-state index contributed by atoms with van der Waals surface area (Å²) in [4.78, 5) is 0. The molecule has 5 aromatic rings. The Morgan fingerprint density at radius 1 is 0.733 bits per heavy atom. The van der Waals surface area contributed by atoms with Crippen molar-refractivity contribution in [2.45, 2.75) is 20.3 Å². The van der Waals surface area contributed by atoms with Gasteiger partial charge in [-0.25, -0.2) is 0 Å². The van der Waals surface area contributed by atoms with Crippen LogP contribution in [0.4, 0.5) is 0 Å². The van der Waals surface area contributed by atoms with E-state index in [2.05, 4.69) is 98.8 Å². The zero-order valence-electron chi connectivity index (χ0n) is 17.1. The molecule has 0 aromatic heterocycles. The van der Waals surface area contributed by atoms with Crippen molar-refractivity contribution in [1.29, 1.82) is 0 Å². The van der Waals surface area contributed by atoms with Crippen molar-refractivity contribution in [3.63, 3.8) is 0 Å². The second kappa shape index (κ2) is 10.2. The van der Waals surface area contributed by atoms with Gasteiger partial charge in [0.2, 0.25) is 0 Å². The molecule has 0 atom stereocenters. The smallest absolute Gasteiger partial charge is 1.00 e. The van der Waals surface area contributed by atoms with Crippen molar-refractivity contribution in [2.75, 3.05) is 0 Å². The fourth-order valence-corrected chi connectivity index (χ4v) is 4.33. The second-order valence-electron chi connectivity index (χ2n) is 8.00. The quantitative estimate of drug-likeness (QED) is 0.257. The number of benzene rings is 4. The third kappa shape index (κ3) is 4.55. The Kier molecular flexibility index (Phi) is 8.40. The Labute approximate surface area is 210 Å². The van der Waals surface area contributed by atoms with E-state index in [0.29, 0.717) is 5.92 Å². The van der Waals surface area contributed by atoms with Crippen molar-refractivity contribution in [3.8, 4) is 11.1 Å². The maximum atomic E-state index is 2.42. The van der Waals surface area contributed by atoms with Gasteiger partial charge in [-0.3, -0.25) is 0 Å². The molecular weight excluding hydrogens is 486 g/mol. The van der Waals surface area contributed by atoms with Crippen LogP contribution in [0.15, 0.2) is 84.9 Å². The maximum absolute atomic E-state index is 2.42.